The van der Waals surface area contributed by atoms with Gasteiger partial charge in [-0.05, 0) is 5.56 Å². The zero-order valence-electron chi connectivity index (χ0n) is 11.8. The summed E-state index contributed by atoms with van der Waals surface area (Å²) in [6.45, 7) is 4.78. The zero-order valence-corrected chi connectivity index (χ0v) is 11.8. The van der Waals surface area contributed by atoms with Gasteiger partial charge in [0.25, 0.3) is 0 Å². The lowest BCUT2D eigenvalue weighted by Crippen LogP contribution is -2.55. The van der Waals surface area contributed by atoms with Gasteiger partial charge in [-0.25, -0.2) is 0 Å². The highest BCUT2D eigenvalue weighted by atomic mass is 16.8. The number of fused-ring (bicyclic) bond motifs is 2. The molecule has 5 atom stereocenters. The van der Waals surface area contributed by atoms with Crippen molar-refractivity contribution >= 4 is 0 Å². The van der Waals surface area contributed by atoms with Crippen molar-refractivity contribution < 1.29 is 24.1 Å². The van der Waals surface area contributed by atoms with E-state index < -0.39 is 24.6 Å². The fourth-order valence-corrected chi connectivity index (χ4v) is 2.68. The Labute approximate surface area is 124 Å². The lowest BCUT2D eigenvalue weighted by atomic mass is 10.0. The van der Waals surface area contributed by atoms with Crippen LogP contribution >= 0.6 is 0 Å². The van der Waals surface area contributed by atoms with E-state index in [-0.39, 0.29) is 6.10 Å². The Bertz CT molecular complexity index is 463. The third kappa shape index (κ3) is 3.17. The average molecular weight is 292 g/mol. The van der Waals surface area contributed by atoms with Crippen molar-refractivity contribution in [1.82, 2.24) is 0 Å². The zero-order chi connectivity index (χ0) is 14.7. The van der Waals surface area contributed by atoms with Crippen LogP contribution in [-0.2, 0) is 25.6 Å². The minimum Gasteiger partial charge on any atom is -0.387 e. The Kier molecular flexibility index (Phi) is 4.67. The minimum absolute atomic E-state index is 0.249. The van der Waals surface area contributed by atoms with Gasteiger partial charge in [0, 0.05) is 0 Å². The van der Waals surface area contributed by atoms with Crippen LogP contribution in [0.25, 0.3) is 0 Å². The van der Waals surface area contributed by atoms with E-state index in [1.165, 1.54) is 0 Å². The van der Waals surface area contributed by atoms with Crippen molar-refractivity contribution in [3.05, 3.63) is 48.6 Å². The van der Waals surface area contributed by atoms with Gasteiger partial charge in [0.2, 0.25) is 0 Å². The molecule has 2 bridgehead atoms. The maximum absolute atomic E-state index is 10.5. The van der Waals surface area contributed by atoms with Gasteiger partial charge in [-0.3, -0.25) is 0 Å². The average Bonchev–Trinajstić information content (AvgIpc) is 2.94. The summed E-state index contributed by atoms with van der Waals surface area (Å²) < 4.78 is 22.7. The van der Waals surface area contributed by atoms with Gasteiger partial charge in [0.05, 0.1) is 19.8 Å². The van der Waals surface area contributed by atoms with Crippen molar-refractivity contribution in [2.45, 2.75) is 37.3 Å². The highest BCUT2D eigenvalue weighted by molar-refractivity contribution is 5.13. The second-order valence-corrected chi connectivity index (χ2v) is 5.21. The molecule has 0 radical (unpaired) electrons. The lowest BCUT2D eigenvalue weighted by molar-refractivity contribution is -0.252. The molecule has 2 fully saturated rings. The largest absolute Gasteiger partial charge is 0.387 e. The smallest absolute Gasteiger partial charge is 0.187 e. The highest BCUT2D eigenvalue weighted by Gasteiger charge is 2.51. The normalized spacial score (nSPS) is 34.8. The summed E-state index contributed by atoms with van der Waals surface area (Å²) in [5.41, 5.74) is 1.04. The van der Waals surface area contributed by atoms with Gasteiger partial charge >= 0.3 is 0 Å². The van der Waals surface area contributed by atoms with Crippen LogP contribution in [0.15, 0.2) is 43.0 Å². The summed E-state index contributed by atoms with van der Waals surface area (Å²) >= 11 is 0. The maximum atomic E-state index is 10.5. The first-order valence-corrected chi connectivity index (χ1v) is 7.13. The van der Waals surface area contributed by atoms with Gasteiger partial charge in [0.1, 0.15) is 24.4 Å². The van der Waals surface area contributed by atoms with Crippen LogP contribution in [0.5, 0.6) is 0 Å². The predicted molar refractivity (Wildman–Crippen MR) is 75.6 cm³/mol. The molecule has 0 aromatic heterocycles. The van der Waals surface area contributed by atoms with Gasteiger partial charge in [-0.15, -0.1) is 6.58 Å². The fraction of sp³-hybridized carbons (Fsp3) is 0.500. The Morgan fingerprint density at radius 3 is 2.81 bits per heavy atom. The van der Waals surface area contributed by atoms with Crippen LogP contribution in [0.1, 0.15) is 5.56 Å². The van der Waals surface area contributed by atoms with E-state index in [0.717, 1.165) is 5.56 Å². The van der Waals surface area contributed by atoms with E-state index in [2.05, 4.69) is 6.58 Å². The molecule has 0 saturated carbocycles. The second kappa shape index (κ2) is 6.68. The summed E-state index contributed by atoms with van der Waals surface area (Å²) in [5, 5.41) is 10.5. The van der Waals surface area contributed by atoms with E-state index >= 15 is 0 Å². The number of aliphatic hydroxyl groups is 1. The molecule has 2 saturated heterocycles. The second-order valence-electron chi connectivity index (χ2n) is 5.21. The van der Waals surface area contributed by atoms with Gasteiger partial charge in [0.15, 0.2) is 6.29 Å². The summed E-state index contributed by atoms with van der Waals surface area (Å²) in [6.07, 6.45) is -0.922. The quantitative estimate of drug-likeness (QED) is 0.800. The van der Waals surface area contributed by atoms with Gasteiger partial charge in [-0.2, -0.15) is 0 Å². The number of rotatable bonds is 6. The van der Waals surface area contributed by atoms with E-state index in [1.807, 2.05) is 30.3 Å². The third-order valence-corrected chi connectivity index (χ3v) is 3.73. The van der Waals surface area contributed by atoms with Crippen LogP contribution < -0.4 is 0 Å². The SMILES string of the molecule is C=CCO[C@H]1[C@H](O)[C@H](OCc2ccccc2)[C@@H]2OC[C@H]1O2. The van der Waals surface area contributed by atoms with Crippen molar-refractivity contribution in [3.63, 3.8) is 0 Å². The molecule has 0 aliphatic carbocycles. The molecule has 2 heterocycles. The molecule has 1 N–H and O–H groups in total. The first-order valence-electron chi connectivity index (χ1n) is 7.13. The molecule has 1 aromatic carbocycles. The minimum atomic E-state index is -0.778. The van der Waals surface area contributed by atoms with Crippen LogP contribution in [0, 0.1) is 0 Å². The molecular weight excluding hydrogens is 272 g/mol. The van der Waals surface area contributed by atoms with Crippen LogP contribution in [0.4, 0.5) is 0 Å². The predicted octanol–water partition coefficient (Wildman–Crippen LogP) is 1.26. The van der Waals surface area contributed by atoms with Crippen LogP contribution in [0.3, 0.4) is 0 Å². The van der Waals surface area contributed by atoms with E-state index in [9.17, 15) is 5.11 Å². The summed E-state index contributed by atoms with van der Waals surface area (Å²) in [7, 11) is 0. The van der Waals surface area contributed by atoms with Crippen molar-refractivity contribution in [3.8, 4) is 0 Å². The Balaban J connectivity index is 1.64. The number of hydrogen-bond donors (Lipinski definition) is 1. The van der Waals surface area contributed by atoms with E-state index in [1.54, 1.807) is 6.08 Å². The third-order valence-electron chi connectivity index (χ3n) is 3.73. The maximum Gasteiger partial charge on any atom is 0.187 e. The summed E-state index contributed by atoms with van der Waals surface area (Å²) in [4.78, 5) is 0. The summed E-state index contributed by atoms with van der Waals surface area (Å²) in [6, 6.07) is 9.79. The van der Waals surface area contributed by atoms with Crippen LogP contribution in [-0.4, -0.2) is 49.0 Å². The van der Waals surface area contributed by atoms with Crippen molar-refractivity contribution in [1.29, 1.82) is 0 Å². The number of aliphatic hydroxyl groups excluding tert-OH is 1. The molecule has 21 heavy (non-hydrogen) atoms. The van der Waals surface area contributed by atoms with E-state index in [4.69, 9.17) is 18.9 Å². The Morgan fingerprint density at radius 2 is 2.05 bits per heavy atom. The molecule has 0 amide bonds. The van der Waals surface area contributed by atoms with Crippen LogP contribution in [0.2, 0.25) is 0 Å². The molecule has 0 unspecified atom stereocenters. The topological polar surface area (TPSA) is 57.2 Å². The molecule has 2 aliphatic heterocycles. The fourth-order valence-electron chi connectivity index (χ4n) is 2.68. The number of benzene rings is 1. The first-order chi connectivity index (χ1) is 10.3. The monoisotopic (exact) mass is 292 g/mol. The van der Waals surface area contributed by atoms with Crippen molar-refractivity contribution in [2.24, 2.45) is 0 Å². The Hall–Kier alpha value is -1.24. The van der Waals surface area contributed by atoms with E-state index in [0.29, 0.717) is 19.8 Å². The van der Waals surface area contributed by atoms with Gasteiger partial charge < -0.3 is 24.1 Å². The molecular formula is C16H20O5. The molecule has 0 spiro atoms. The lowest BCUT2D eigenvalue weighted by Gasteiger charge is -2.37. The highest BCUT2D eigenvalue weighted by Crippen LogP contribution is 2.32. The molecule has 114 valence electrons. The number of ether oxygens (including phenoxy) is 4. The molecule has 5 heteroatoms. The number of hydrogen-bond acceptors (Lipinski definition) is 5. The van der Waals surface area contributed by atoms with Crippen molar-refractivity contribution in [2.75, 3.05) is 13.2 Å². The first kappa shape index (κ1) is 14.7. The molecule has 3 rings (SSSR count). The Morgan fingerprint density at radius 1 is 1.24 bits per heavy atom. The summed E-state index contributed by atoms with van der Waals surface area (Å²) in [5.74, 6) is 0. The molecule has 2 aliphatic rings. The molecule has 1 aromatic rings. The van der Waals surface area contributed by atoms with Gasteiger partial charge in [-0.1, -0.05) is 36.4 Å². The molecule has 5 nitrogen and oxygen atoms in total. The standard InChI is InChI=1S/C16H20O5/c1-2-8-18-14-12-10-20-16(21-12)15(13(14)17)19-9-11-6-4-3-5-7-11/h2-7,12-17H,1,8-10H2/t12-,13+,14-,15+,16-/m1/s1.